The Hall–Kier alpha value is -0.890. The Morgan fingerprint density at radius 3 is 2.71 bits per heavy atom. The van der Waals surface area contributed by atoms with Crippen LogP contribution < -0.4 is 0 Å². The first-order valence-corrected chi connectivity index (χ1v) is 5.13. The Balaban J connectivity index is 1.95. The maximum absolute atomic E-state index is 12.9. The number of nitrogens with zero attached hydrogens (tertiary/aromatic N) is 1. The van der Waals surface area contributed by atoms with Crippen LogP contribution >= 0.6 is 0 Å². The van der Waals surface area contributed by atoms with E-state index in [9.17, 15) is 4.39 Å². The summed E-state index contributed by atoms with van der Waals surface area (Å²) in [6.07, 6.45) is 4.65. The minimum Gasteiger partial charge on any atom is -0.299 e. The molecule has 0 saturated carbocycles. The van der Waals surface area contributed by atoms with Gasteiger partial charge in [-0.1, -0.05) is 12.1 Å². The van der Waals surface area contributed by atoms with Crippen molar-refractivity contribution in [3.8, 4) is 0 Å². The second-order valence-electron chi connectivity index (χ2n) is 3.77. The van der Waals surface area contributed by atoms with Crippen LogP contribution in [-0.4, -0.2) is 18.0 Å². The van der Waals surface area contributed by atoms with E-state index in [1.807, 2.05) is 6.07 Å². The molecule has 0 amide bonds. The van der Waals surface area contributed by atoms with Crippen LogP contribution in [0.15, 0.2) is 24.3 Å². The fourth-order valence-electron chi connectivity index (χ4n) is 1.86. The first kappa shape index (κ1) is 9.66. The Morgan fingerprint density at radius 1 is 1.21 bits per heavy atom. The van der Waals surface area contributed by atoms with Gasteiger partial charge >= 0.3 is 0 Å². The molecule has 1 aromatic carbocycles. The van der Waals surface area contributed by atoms with Gasteiger partial charge in [-0.3, -0.25) is 4.90 Å². The Kier molecular flexibility index (Phi) is 3.14. The lowest BCUT2D eigenvalue weighted by molar-refractivity contribution is 0.246. The van der Waals surface area contributed by atoms with Crippen LogP contribution in [0.1, 0.15) is 18.4 Å². The van der Waals surface area contributed by atoms with Gasteiger partial charge in [-0.05, 0) is 50.0 Å². The van der Waals surface area contributed by atoms with Crippen LogP contribution in [0.25, 0.3) is 0 Å². The summed E-state index contributed by atoms with van der Waals surface area (Å²) in [4.78, 5) is 2.37. The van der Waals surface area contributed by atoms with Crippen molar-refractivity contribution < 1.29 is 4.39 Å². The highest BCUT2D eigenvalue weighted by Gasteiger charge is 2.10. The monoisotopic (exact) mass is 192 g/mol. The maximum atomic E-state index is 12.9. The number of piperidine rings is 1. The molecule has 1 aliphatic rings. The molecule has 0 spiro atoms. The van der Waals surface area contributed by atoms with Crippen molar-refractivity contribution in [2.24, 2.45) is 0 Å². The molecule has 75 valence electrons. The predicted molar refractivity (Wildman–Crippen MR) is 55.2 cm³/mol. The van der Waals surface area contributed by atoms with Gasteiger partial charge in [0.2, 0.25) is 0 Å². The van der Waals surface area contributed by atoms with Crippen molar-refractivity contribution in [2.45, 2.75) is 19.4 Å². The van der Waals surface area contributed by atoms with Gasteiger partial charge in [-0.15, -0.1) is 0 Å². The van der Waals surface area contributed by atoms with E-state index < -0.39 is 0 Å². The van der Waals surface area contributed by atoms with Gasteiger partial charge in [0.15, 0.2) is 0 Å². The van der Waals surface area contributed by atoms with E-state index in [1.54, 1.807) is 12.1 Å². The Morgan fingerprint density at radius 2 is 2.00 bits per heavy atom. The molecule has 0 unspecified atom stereocenters. The number of hydrogen-bond donors (Lipinski definition) is 0. The molecule has 1 fully saturated rings. The van der Waals surface area contributed by atoms with Crippen molar-refractivity contribution in [3.63, 3.8) is 0 Å². The second-order valence-corrected chi connectivity index (χ2v) is 3.77. The zero-order chi connectivity index (χ0) is 9.80. The van der Waals surface area contributed by atoms with Gasteiger partial charge in [0.25, 0.3) is 0 Å². The predicted octanol–water partition coefficient (Wildman–Crippen LogP) is 2.63. The third-order valence-electron chi connectivity index (χ3n) is 2.59. The molecule has 0 bridgehead atoms. The normalized spacial score (nSPS) is 18.4. The first-order chi connectivity index (χ1) is 6.84. The summed E-state index contributed by atoms with van der Waals surface area (Å²) in [5.41, 5.74) is 1.08. The van der Waals surface area contributed by atoms with Crippen molar-refractivity contribution in [1.82, 2.24) is 4.90 Å². The molecule has 1 aromatic rings. The van der Waals surface area contributed by atoms with Crippen LogP contribution in [-0.2, 0) is 6.54 Å². The first-order valence-electron chi connectivity index (χ1n) is 5.13. The molecule has 1 heterocycles. The van der Waals surface area contributed by atoms with Gasteiger partial charge in [-0.25, -0.2) is 4.39 Å². The van der Waals surface area contributed by atoms with Gasteiger partial charge < -0.3 is 0 Å². The average molecular weight is 192 g/mol. The van der Waals surface area contributed by atoms with E-state index in [2.05, 4.69) is 11.3 Å². The van der Waals surface area contributed by atoms with Gasteiger partial charge in [-0.2, -0.15) is 0 Å². The Bertz CT molecular complexity index is 292. The molecular weight excluding hydrogens is 177 g/mol. The molecule has 1 nitrogen and oxygen atoms in total. The van der Waals surface area contributed by atoms with Gasteiger partial charge in [0.1, 0.15) is 5.82 Å². The van der Waals surface area contributed by atoms with Crippen LogP contribution in [0.4, 0.5) is 4.39 Å². The summed E-state index contributed by atoms with van der Waals surface area (Å²) in [5, 5.41) is 0. The molecule has 2 rings (SSSR count). The lowest BCUT2D eigenvalue weighted by Crippen LogP contribution is -2.29. The highest BCUT2D eigenvalue weighted by atomic mass is 19.1. The minimum absolute atomic E-state index is 0.133. The molecule has 0 atom stereocenters. The van der Waals surface area contributed by atoms with Crippen LogP contribution in [0.3, 0.4) is 0 Å². The molecule has 0 aromatic heterocycles. The zero-order valence-corrected chi connectivity index (χ0v) is 8.25. The largest absolute Gasteiger partial charge is 0.299 e. The van der Waals surface area contributed by atoms with E-state index in [4.69, 9.17) is 0 Å². The van der Waals surface area contributed by atoms with E-state index in [1.165, 1.54) is 6.07 Å². The van der Waals surface area contributed by atoms with Gasteiger partial charge in [0.05, 0.1) is 0 Å². The topological polar surface area (TPSA) is 3.24 Å². The standard InChI is InChI=1S/C12H15FN/c13-12-6-4-5-11(9-12)10-14-7-2-1-3-8-14/h1,4-6,9H,2-3,7-8,10H2. The molecular formula is C12H15FN. The van der Waals surface area contributed by atoms with Gasteiger partial charge in [0, 0.05) is 6.54 Å². The molecule has 1 radical (unpaired) electrons. The number of halogens is 1. The summed E-state index contributed by atoms with van der Waals surface area (Å²) in [7, 11) is 0. The summed E-state index contributed by atoms with van der Waals surface area (Å²) >= 11 is 0. The summed E-state index contributed by atoms with van der Waals surface area (Å²) in [5.74, 6) is -0.133. The highest BCUT2D eigenvalue weighted by molar-refractivity contribution is 5.16. The van der Waals surface area contributed by atoms with Crippen molar-refractivity contribution in [3.05, 3.63) is 42.1 Å². The summed E-state index contributed by atoms with van der Waals surface area (Å²) in [6.45, 7) is 3.10. The van der Waals surface area contributed by atoms with E-state index >= 15 is 0 Å². The highest BCUT2D eigenvalue weighted by Crippen LogP contribution is 2.12. The number of hydrogen-bond acceptors (Lipinski definition) is 1. The zero-order valence-electron chi connectivity index (χ0n) is 8.25. The molecule has 1 saturated heterocycles. The lowest BCUT2D eigenvalue weighted by Gasteiger charge is -2.26. The van der Waals surface area contributed by atoms with E-state index in [0.717, 1.165) is 38.0 Å². The molecule has 2 heteroatoms. The Labute approximate surface area is 84.5 Å². The maximum Gasteiger partial charge on any atom is 0.123 e. The molecule has 0 N–H and O–H groups in total. The van der Waals surface area contributed by atoms with Crippen molar-refractivity contribution in [1.29, 1.82) is 0 Å². The fraction of sp³-hybridized carbons (Fsp3) is 0.417. The average Bonchev–Trinajstić information content (AvgIpc) is 2.19. The number of rotatable bonds is 2. The molecule has 1 aliphatic heterocycles. The number of benzene rings is 1. The minimum atomic E-state index is -0.133. The van der Waals surface area contributed by atoms with E-state index in [0.29, 0.717) is 0 Å². The molecule has 14 heavy (non-hydrogen) atoms. The third-order valence-corrected chi connectivity index (χ3v) is 2.59. The SMILES string of the molecule is Fc1cccc(CN2CC[CH]CC2)c1. The second kappa shape index (κ2) is 4.56. The fourth-order valence-corrected chi connectivity index (χ4v) is 1.86. The lowest BCUT2D eigenvalue weighted by atomic mass is 10.1. The van der Waals surface area contributed by atoms with Crippen LogP contribution in [0, 0.1) is 12.2 Å². The quantitative estimate of drug-likeness (QED) is 0.696. The van der Waals surface area contributed by atoms with Crippen molar-refractivity contribution >= 4 is 0 Å². The van der Waals surface area contributed by atoms with E-state index in [-0.39, 0.29) is 5.82 Å². The summed E-state index contributed by atoms with van der Waals surface area (Å²) < 4.78 is 12.9. The third kappa shape index (κ3) is 2.55. The smallest absolute Gasteiger partial charge is 0.123 e. The van der Waals surface area contributed by atoms with Crippen LogP contribution in [0.5, 0.6) is 0 Å². The number of likely N-dealkylation sites (tertiary alicyclic amines) is 1. The molecule has 0 aliphatic carbocycles. The summed E-state index contributed by atoms with van der Waals surface area (Å²) in [6, 6.07) is 6.88. The van der Waals surface area contributed by atoms with Crippen LogP contribution in [0.2, 0.25) is 0 Å². The van der Waals surface area contributed by atoms with Crippen molar-refractivity contribution in [2.75, 3.05) is 13.1 Å².